The van der Waals surface area contributed by atoms with E-state index in [1.54, 1.807) is 0 Å². The lowest BCUT2D eigenvalue weighted by atomic mass is 10.0. The fourth-order valence-electron chi connectivity index (χ4n) is 3.94. The number of aromatic hydroxyl groups is 1. The van der Waals surface area contributed by atoms with Gasteiger partial charge in [0.05, 0.1) is 12.5 Å². The van der Waals surface area contributed by atoms with E-state index < -0.39 is 54.3 Å². The minimum absolute atomic E-state index is 0.0132. The second-order valence-electron chi connectivity index (χ2n) is 8.92. The van der Waals surface area contributed by atoms with Crippen LogP contribution in [0.3, 0.4) is 0 Å². The van der Waals surface area contributed by atoms with Crippen LogP contribution in [0.1, 0.15) is 44.1 Å². The number of phenolic OH excluding ortho intramolecular Hbond substituents is 1. The molecular weight excluding hydrogens is 486 g/mol. The van der Waals surface area contributed by atoms with Crippen LogP contribution in [0.15, 0.2) is 24.3 Å². The first kappa shape index (κ1) is 29.5. The van der Waals surface area contributed by atoms with Gasteiger partial charge in [0.2, 0.25) is 17.7 Å². The number of aliphatic carboxylic acids is 2. The van der Waals surface area contributed by atoms with Crippen LogP contribution in [0, 0.1) is 0 Å². The van der Waals surface area contributed by atoms with Gasteiger partial charge in [-0.15, -0.1) is 0 Å². The number of amides is 3. The first-order valence-corrected chi connectivity index (χ1v) is 12.2. The largest absolute Gasteiger partial charge is 0.508 e. The Morgan fingerprint density at radius 2 is 1.59 bits per heavy atom. The van der Waals surface area contributed by atoms with Gasteiger partial charge in [0.15, 0.2) is 0 Å². The van der Waals surface area contributed by atoms with Gasteiger partial charge in [-0.2, -0.15) is 0 Å². The van der Waals surface area contributed by atoms with E-state index in [0.29, 0.717) is 37.9 Å². The molecule has 13 heteroatoms. The molecule has 2 rings (SSSR count). The standard InChI is InChI=1S/C24H35N5O8/c25-10-2-1-4-17(27-21(33)16-5-3-11-26-16)22(34)28-18(13-20(31)32)23(35)29-19(24(36)37)12-14-6-8-15(30)9-7-14/h6-9,16-19,26,30H,1-5,10-13,25H2,(H,27,33)(H,28,34)(H,29,35)(H,31,32)(H,36,37). The molecule has 4 unspecified atom stereocenters. The number of carbonyl (C=O) groups is 5. The van der Waals surface area contributed by atoms with Gasteiger partial charge < -0.3 is 42.3 Å². The maximum Gasteiger partial charge on any atom is 0.326 e. The molecule has 1 aliphatic heterocycles. The number of hydrogen-bond acceptors (Lipinski definition) is 8. The highest BCUT2D eigenvalue weighted by Crippen LogP contribution is 2.12. The molecule has 1 saturated heterocycles. The molecule has 1 fully saturated rings. The molecule has 0 saturated carbocycles. The number of benzene rings is 1. The highest BCUT2D eigenvalue weighted by Gasteiger charge is 2.32. The summed E-state index contributed by atoms with van der Waals surface area (Å²) in [5, 5.41) is 38.6. The van der Waals surface area contributed by atoms with Crippen molar-refractivity contribution in [2.24, 2.45) is 5.73 Å². The minimum Gasteiger partial charge on any atom is -0.508 e. The second kappa shape index (κ2) is 14.8. The number of hydrogen-bond donors (Lipinski definition) is 8. The van der Waals surface area contributed by atoms with E-state index in [4.69, 9.17) is 5.73 Å². The zero-order valence-electron chi connectivity index (χ0n) is 20.4. The molecular formula is C24H35N5O8. The first-order chi connectivity index (χ1) is 17.6. The quantitative estimate of drug-likeness (QED) is 0.129. The SMILES string of the molecule is NCCCCC(NC(=O)C1CCCN1)C(=O)NC(CC(=O)O)C(=O)NC(Cc1ccc(O)cc1)C(=O)O. The van der Waals surface area contributed by atoms with Gasteiger partial charge >= 0.3 is 11.9 Å². The Morgan fingerprint density at radius 1 is 0.946 bits per heavy atom. The van der Waals surface area contributed by atoms with E-state index >= 15 is 0 Å². The zero-order valence-corrected chi connectivity index (χ0v) is 20.4. The molecule has 37 heavy (non-hydrogen) atoms. The van der Waals surface area contributed by atoms with Crippen LogP contribution in [0.5, 0.6) is 5.75 Å². The van der Waals surface area contributed by atoms with Crippen LogP contribution in [-0.2, 0) is 30.4 Å². The van der Waals surface area contributed by atoms with Crippen LogP contribution in [0.4, 0.5) is 0 Å². The summed E-state index contributed by atoms with van der Waals surface area (Å²) < 4.78 is 0. The second-order valence-corrected chi connectivity index (χ2v) is 8.92. The maximum atomic E-state index is 13.0. The molecule has 3 amide bonds. The summed E-state index contributed by atoms with van der Waals surface area (Å²) in [5.41, 5.74) is 6.03. The van der Waals surface area contributed by atoms with E-state index in [2.05, 4.69) is 21.3 Å². The van der Waals surface area contributed by atoms with Crippen molar-refractivity contribution >= 4 is 29.7 Å². The first-order valence-electron chi connectivity index (χ1n) is 12.2. The van der Waals surface area contributed by atoms with Gasteiger partial charge in [0.25, 0.3) is 0 Å². The van der Waals surface area contributed by atoms with Crippen LogP contribution < -0.4 is 27.0 Å². The van der Waals surface area contributed by atoms with E-state index in [-0.39, 0.29) is 24.5 Å². The van der Waals surface area contributed by atoms with Gasteiger partial charge in [-0.25, -0.2) is 4.79 Å². The molecule has 0 aromatic heterocycles. The van der Waals surface area contributed by atoms with E-state index in [0.717, 1.165) is 6.42 Å². The van der Waals surface area contributed by atoms with Crippen LogP contribution >= 0.6 is 0 Å². The van der Waals surface area contributed by atoms with E-state index in [9.17, 15) is 39.3 Å². The van der Waals surface area contributed by atoms with Crippen molar-refractivity contribution in [3.8, 4) is 5.75 Å². The fraction of sp³-hybridized carbons (Fsp3) is 0.542. The lowest BCUT2D eigenvalue weighted by Crippen LogP contribution is -2.57. The van der Waals surface area contributed by atoms with Crippen molar-refractivity contribution in [3.63, 3.8) is 0 Å². The number of nitrogens with one attached hydrogen (secondary N) is 4. The topological polar surface area (TPSA) is 220 Å². The average molecular weight is 522 g/mol. The number of carbonyl (C=O) groups excluding carboxylic acids is 3. The number of rotatable bonds is 15. The van der Waals surface area contributed by atoms with Gasteiger partial charge in [-0.05, 0) is 62.9 Å². The highest BCUT2D eigenvalue weighted by atomic mass is 16.4. The van der Waals surface area contributed by atoms with Gasteiger partial charge in [0.1, 0.15) is 23.9 Å². The van der Waals surface area contributed by atoms with Gasteiger partial charge in [-0.3, -0.25) is 19.2 Å². The molecule has 13 nitrogen and oxygen atoms in total. The zero-order chi connectivity index (χ0) is 27.4. The molecule has 0 radical (unpaired) electrons. The van der Waals surface area contributed by atoms with Crippen LogP contribution in [0.2, 0.25) is 0 Å². The molecule has 1 aliphatic rings. The Bertz CT molecular complexity index is 949. The predicted molar refractivity (Wildman–Crippen MR) is 131 cm³/mol. The third-order valence-electron chi connectivity index (χ3n) is 5.96. The van der Waals surface area contributed by atoms with E-state index in [1.165, 1.54) is 24.3 Å². The van der Waals surface area contributed by atoms with Crippen LogP contribution in [0.25, 0.3) is 0 Å². The van der Waals surface area contributed by atoms with E-state index in [1.807, 2.05) is 0 Å². The lowest BCUT2D eigenvalue weighted by molar-refractivity contribution is -0.143. The molecule has 0 spiro atoms. The minimum atomic E-state index is -1.58. The van der Waals surface area contributed by atoms with Crippen molar-refractivity contribution in [3.05, 3.63) is 29.8 Å². The Kier molecular flexibility index (Phi) is 11.8. The summed E-state index contributed by atoms with van der Waals surface area (Å²) in [6, 6.07) is 1.23. The summed E-state index contributed by atoms with van der Waals surface area (Å²) in [6.07, 6.45) is 1.83. The number of nitrogens with two attached hydrogens (primary N) is 1. The Labute approximate surface area is 214 Å². The molecule has 4 atom stereocenters. The molecule has 1 aromatic carbocycles. The number of carboxylic acid groups (broad SMARTS) is 2. The summed E-state index contributed by atoms with van der Waals surface area (Å²) in [4.78, 5) is 61.6. The number of carboxylic acids is 2. The molecule has 0 aliphatic carbocycles. The lowest BCUT2D eigenvalue weighted by Gasteiger charge is -2.24. The maximum absolute atomic E-state index is 13.0. The fourth-order valence-corrected chi connectivity index (χ4v) is 3.94. The molecule has 1 heterocycles. The third kappa shape index (κ3) is 10.1. The summed E-state index contributed by atoms with van der Waals surface area (Å²) >= 11 is 0. The Balaban J connectivity index is 2.11. The normalized spacial score (nSPS) is 17.3. The third-order valence-corrected chi connectivity index (χ3v) is 5.96. The smallest absolute Gasteiger partial charge is 0.326 e. The summed E-state index contributed by atoms with van der Waals surface area (Å²) in [7, 11) is 0. The molecule has 0 bridgehead atoms. The van der Waals surface area contributed by atoms with Crippen molar-refractivity contribution in [1.29, 1.82) is 0 Å². The monoisotopic (exact) mass is 521 g/mol. The van der Waals surface area contributed by atoms with Crippen molar-refractivity contribution in [1.82, 2.24) is 21.3 Å². The predicted octanol–water partition coefficient (Wildman–Crippen LogP) is -1.17. The average Bonchev–Trinajstić information content (AvgIpc) is 3.38. The molecule has 9 N–H and O–H groups in total. The summed E-state index contributed by atoms with van der Waals surface area (Å²) in [5.74, 6) is -4.88. The van der Waals surface area contributed by atoms with Gasteiger partial charge in [-0.1, -0.05) is 12.1 Å². The van der Waals surface area contributed by atoms with Crippen LogP contribution in [-0.4, -0.2) is 82.2 Å². The Morgan fingerprint density at radius 3 is 2.16 bits per heavy atom. The summed E-state index contributed by atoms with van der Waals surface area (Å²) in [6.45, 7) is 1.06. The number of unbranched alkanes of at least 4 members (excludes halogenated alkanes) is 1. The molecule has 1 aromatic rings. The molecule has 204 valence electrons. The van der Waals surface area contributed by atoms with Crippen molar-refractivity contribution < 1.29 is 39.3 Å². The van der Waals surface area contributed by atoms with Gasteiger partial charge in [0, 0.05) is 6.42 Å². The van der Waals surface area contributed by atoms with Crippen molar-refractivity contribution in [2.75, 3.05) is 13.1 Å². The number of phenols is 1. The highest BCUT2D eigenvalue weighted by molar-refractivity contribution is 5.95. The Hall–Kier alpha value is -3.71. The van der Waals surface area contributed by atoms with Crippen molar-refractivity contribution in [2.45, 2.75) is 69.1 Å².